The van der Waals surface area contributed by atoms with Gasteiger partial charge in [-0.05, 0) is 31.2 Å². The highest BCUT2D eigenvalue weighted by Crippen LogP contribution is 2.20. The number of nitrogens with zero attached hydrogens (tertiary/aromatic N) is 2. The molecule has 0 fully saturated rings. The van der Waals surface area contributed by atoms with Crippen molar-refractivity contribution in [1.29, 1.82) is 0 Å². The van der Waals surface area contributed by atoms with Crippen molar-refractivity contribution in [2.75, 3.05) is 18.2 Å². The van der Waals surface area contributed by atoms with E-state index in [0.29, 0.717) is 23.1 Å². The second kappa shape index (κ2) is 7.61. The number of esters is 1. The summed E-state index contributed by atoms with van der Waals surface area (Å²) in [4.78, 5) is 40.8. The second-order valence-corrected chi connectivity index (χ2v) is 6.59. The standard InChI is InChI=1S/C17H17N3O5S/c1-10(14(21)19-11-3-5-12(24-2)6-4-11)25-16(23)13-9-18-17-20(15(13)22)7-8-26-17/h3-6,9-10H,7-8H2,1-2H3,(H,19,21)/t10-/m1/s1. The Bertz CT molecular complexity index is 894. The molecule has 2 aromatic rings. The number of fused-ring (bicyclic) bond motifs is 1. The fourth-order valence-electron chi connectivity index (χ4n) is 2.35. The van der Waals surface area contributed by atoms with E-state index in [-0.39, 0.29) is 5.56 Å². The van der Waals surface area contributed by atoms with Gasteiger partial charge in [-0.3, -0.25) is 14.2 Å². The Balaban J connectivity index is 1.65. The largest absolute Gasteiger partial charge is 0.497 e. The first-order valence-electron chi connectivity index (χ1n) is 7.88. The van der Waals surface area contributed by atoms with Gasteiger partial charge in [0, 0.05) is 18.0 Å². The van der Waals surface area contributed by atoms with E-state index in [1.54, 1.807) is 31.4 Å². The van der Waals surface area contributed by atoms with Crippen molar-refractivity contribution < 1.29 is 19.1 Å². The van der Waals surface area contributed by atoms with E-state index in [1.807, 2.05) is 0 Å². The van der Waals surface area contributed by atoms with E-state index >= 15 is 0 Å². The molecule has 8 nitrogen and oxygen atoms in total. The van der Waals surface area contributed by atoms with Gasteiger partial charge >= 0.3 is 5.97 Å². The number of carbonyl (C=O) groups excluding carboxylic acids is 2. The predicted octanol–water partition coefficient (Wildman–Crippen LogP) is 1.54. The van der Waals surface area contributed by atoms with Crippen molar-refractivity contribution in [1.82, 2.24) is 9.55 Å². The quantitative estimate of drug-likeness (QED) is 0.625. The molecule has 1 aromatic carbocycles. The number of rotatable bonds is 5. The topological polar surface area (TPSA) is 99.5 Å². The zero-order valence-electron chi connectivity index (χ0n) is 14.2. The molecule has 1 N–H and O–H groups in total. The number of methoxy groups -OCH3 is 1. The van der Waals surface area contributed by atoms with Gasteiger partial charge in [0.1, 0.15) is 11.3 Å². The van der Waals surface area contributed by atoms with Gasteiger partial charge in [0.15, 0.2) is 11.3 Å². The lowest BCUT2D eigenvalue weighted by Crippen LogP contribution is -2.33. The van der Waals surface area contributed by atoms with Crippen LogP contribution in [0.2, 0.25) is 0 Å². The van der Waals surface area contributed by atoms with Crippen LogP contribution in [0.5, 0.6) is 5.75 Å². The van der Waals surface area contributed by atoms with Crippen LogP contribution < -0.4 is 15.6 Å². The highest BCUT2D eigenvalue weighted by atomic mass is 32.2. The molecule has 26 heavy (non-hydrogen) atoms. The summed E-state index contributed by atoms with van der Waals surface area (Å²) in [5.74, 6) is 0.0205. The van der Waals surface area contributed by atoms with Crippen LogP contribution in [0.3, 0.4) is 0 Å². The van der Waals surface area contributed by atoms with Crippen LogP contribution in [0, 0.1) is 0 Å². The summed E-state index contributed by atoms with van der Waals surface area (Å²) in [7, 11) is 1.55. The number of ether oxygens (including phenoxy) is 2. The molecule has 0 bridgehead atoms. The van der Waals surface area contributed by atoms with Gasteiger partial charge in [-0.25, -0.2) is 9.78 Å². The Morgan fingerprint density at radius 3 is 2.73 bits per heavy atom. The lowest BCUT2D eigenvalue weighted by Gasteiger charge is -2.14. The van der Waals surface area contributed by atoms with Gasteiger partial charge < -0.3 is 14.8 Å². The second-order valence-electron chi connectivity index (χ2n) is 5.52. The third-order valence-corrected chi connectivity index (χ3v) is 4.76. The third kappa shape index (κ3) is 3.72. The van der Waals surface area contributed by atoms with E-state index < -0.39 is 23.5 Å². The van der Waals surface area contributed by atoms with E-state index in [0.717, 1.165) is 5.75 Å². The summed E-state index contributed by atoms with van der Waals surface area (Å²) in [5, 5.41) is 3.21. The molecule has 136 valence electrons. The molecule has 3 rings (SSSR count). The molecule has 1 atom stereocenters. The molecule has 1 aliphatic rings. The van der Waals surface area contributed by atoms with Gasteiger partial charge in [-0.15, -0.1) is 0 Å². The lowest BCUT2D eigenvalue weighted by atomic mass is 10.2. The molecule has 2 heterocycles. The molecule has 9 heteroatoms. The van der Waals surface area contributed by atoms with Gasteiger partial charge in [0.25, 0.3) is 11.5 Å². The minimum absolute atomic E-state index is 0.180. The summed E-state index contributed by atoms with van der Waals surface area (Å²) >= 11 is 1.45. The number of hydrogen-bond acceptors (Lipinski definition) is 7. The zero-order chi connectivity index (χ0) is 18.7. The molecule has 0 saturated heterocycles. The maximum atomic E-state index is 12.3. The Morgan fingerprint density at radius 1 is 1.31 bits per heavy atom. The Labute approximate surface area is 153 Å². The number of thioether (sulfide) groups is 1. The molecule has 0 aliphatic carbocycles. The summed E-state index contributed by atoms with van der Waals surface area (Å²) in [6.45, 7) is 1.94. The van der Waals surface area contributed by atoms with E-state index in [9.17, 15) is 14.4 Å². The molecule has 0 radical (unpaired) electrons. The zero-order valence-corrected chi connectivity index (χ0v) is 15.0. The minimum Gasteiger partial charge on any atom is -0.497 e. The molecular weight excluding hydrogens is 358 g/mol. The highest BCUT2D eigenvalue weighted by Gasteiger charge is 2.24. The van der Waals surface area contributed by atoms with Crippen LogP contribution in [0.15, 0.2) is 40.4 Å². The van der Waals surface area contributed by atoms with Crippen LogP contribution in [-0.4, -0.2) is 40.4 Å². The van der Waals surface area contributed by atoms with E-state index in [2.05, 4.69) is 10.3 Å². The van der Waals surface area contributed by atoms with Gasteiger partial charge in [-0.2, -0.15) is 0 Å². The fourth-order valence-corrected chi connectivity index (χ4v) is 3.27. The monoisotopic (exact) mass is 375 g/mol. The number of aromatic nitrogens is 2. The van der Waals surface area contributed by atoms with Crippen LogP contribution in [-0.2, 0) is 16.1 Å². The first-order valence-corrected chi connectivity index (χ1v) is 8.86. The number of carbonyl (C=O) groups is 2. The van der Waals surface area contributed by atoms with Crippen molar-refractivity contribution in [3.63, 3.8) is 0 Å². The van der Waals surface area contributed by atoms with Gasteiger partial charge in [0.05, 0.1) is 13.3 Å². The summed E-state index contributed by atoms with van der Waals surface area (Å²) in [6, 6.07) is 6.72. The van der Waals surface area contributed by atoms with Gasteiger partial charge in [0.2, 0.25) is 0 Å². The number of benzene rings is 1. The normalized spacial score (nSPS) is 13.6. The van der Waals surface area contributed by atoms with Gasteiger partial charge in [-0.1, -0.05) is 11.8 Å². The van der Waals surface area contributed by atoms with Crippen molar-refractivity contribution in [2.24, 2.45) is 0 Å². The Morgan fingerprint density at radius 2 is 2.04 bits per heavy atom. The number of nitrogens with one attached hydrogen (secondary N) is 1. The van der Waals surface area contributed by atoms with E-state index in [4.69, 9.17) is 9.47 Å². The SMILES string of the molecule is COc1ccc(NC(=O)[C@@H](C)OC(=O)c2cnc3n(c2=O)CCS3)cc1. The average Bonchev–Trinajstić information content (AvgIpc) is 3.12. The van der Waals surface area contributed by atoms with Crippen LogP contribution in [0.25, 0.3) is 0 Å². The molecule has 1 aromatic heterocycles. The number of amides is 1. The fraction of sp³-hybridized carbons (Fsp3) is 0.294. The van der Waals surface area contributed by atoms with Crippen molar-refractivity contribution in [3.8, 4) is 5.75 Å². The first-order chi connectivity index (χ1) is 12.5. The Kier molecular flexibility index (Phi) is 5.27. The van der Waals surface area contributed by atoms with Crippen LogP contribution in [0.1, 0.15) is 17.3 Å². The van der Waals surface area contributed by atoms with Crippen molar-refractivity contribution in [3.05, 3.63) is 46.4 Å². The molecule has 0 spiro atoms. The number of anilines is 1. The first kappa shape index (κ1) is 18.0. The summed E-state index contributed by atoms with van der Waals surface area (Å²) < 4.78 is 11.6. The molecule has 0 saturated carbocycles. The summed E-state index contributed by atoms with van der Waals surface area (Å²) in [5.41, 5.74) is -0.0944. The van der Waals surface area contributed by atoms with Crippen molar-refractivity contribution >= 4 is 29.3 Å². The summed E-state index contributed by atoms with van der Waals surface area (Å²) in [6.07, 6.45) is 0.125. The average molecular weight is 375 g/mol. The lowest BCUT2D eigenvalue weighted by molar-refractivity contribution is -0.123. The van der Waals surface area contributed by atoms with Crippen LogP contribution >= 0.6 is 11.8 Å². The van der Waals surface area contributed by atoms with E-state index in [1.165, 1.54) is 29.4 Å². The predicted molar refractivity (Wildman–Crippen MR) is 95.7 cm³/mol. The third-order valence-electron chi connectivity index (χ3n) is 3.79. The molecule has 1 amide bonds. The number of hydrogen-bond donors (Lipinski definition) is 1. The maximum absolute atomic E-state index is 12.3. The van der Waals surface area contributed by atoms with Crippen LogP contribution in [0.4, 0.5) is 5.69 Å². The minimum atomic E-state index is -1.07. The molecule has 0 unspecified atom stereocenters. The maximum Gasteiger partial charge on any atom is 0.346 e. The highest BCUT2D eigenvalue weighted by molar-refractivity contribution is 7.99. The molecule has 1 aliphatic heterocycles. The smallest absolute Gasteiger partial charge is 0.346 e. The molecular formula is C17H17N3O5S. The van der Waals surface area contributed by atoms with Crippen molar-refractivity contribution in [2.45, 2.75) is 24.7 Å². The Hall–Kier alpha value is -2.81.